The lowest BCUT2D eigenvalue weighted by Gasteiger charge is -2.16. The van der Waals surface area contributed by atoms with Gasteiger partial charge in [-0.15, -0.1) is 0 Å². The topological polar surface area (TPSA) is 58.2 Å². The molecular formula is C17H18N2O2. The van der Waals surface area contributed by atoms with E-state index in [9.17, 15) is 9.59 Å². The summed E-state index contributed by atoms with van der Waals surface area (Å²) in [5.41, 5.74) is 1.13. The lowest BCUT2D eigenvalue weighted by atomic mass is 10.0. The van der Waals surface area contributed by atoms with Crippen LogP contribution in [0.3, 0.4) is 0 Å². The molecule has 0 fully saturated rings. The fraction of sp³-hybridized carbons (Fsp3) is 0.294. The molecule has 0 saturated carbocycles. The Kier molecular flexibility index (Phi) is 3.37. The molecule has 4 heteroatoms. The van der Waals surface area contributed by atoms with Crippen molar-refractivity contribution in [2.24, 2.45) is 5.92 Å². The van der Waals surface area contributed by atoms with E-state index >= 15 is 0 Å². The summed E-state index contributed by atoms with van der Waals surface area (Å²) in [5.74, 6) is -0.00841. The molecule has 2 aromatic carbocycles. The predicted octanol–water partition coefficient (Wildman–Crippen LogP) is 2.94. The van der Waals surface area contributed by atoms with E-state index < -0.39 is 6.04 Å². The van der Waals surface area contributed by atoms with Gasteiger partial charge in [-0.05, 0) is 23.8 Å². The number of hydrogen-bond acceptors (Lipinski definition) is 2. The van der Waals surface area contributed by atoms with E-state index in [2.05, 4.69) is 10.6 Å². The zero-order valence-electron chi connectivity index (χ0n) is 12.1. The monoisotopic (exact) mass is 282 g/mol. The third-order valence-electron chi connectivity index (χ3n) is 3.75. The number of anilines is 1. The van der Waals surface area contributed by atoms with Gasteiger partial charge in [-0.2, -0.15) is 0 Å². The first-order valence-electron chi connectivity index (χ1n) is 7.19. The number of carbonyl (C=O) groups excluding carboxylic acids is 2. The summed E-state index contributed by atoms with van der Waals surface area (Å²) in [6, 6.07) is 10.9. The van der Waals surface area contributed by atoms with Crippen LogP contribution >= 0.6 is 0 Å². The van der Waals surface area contributed by atoms with Gasteiger partial charge in [0.25, 0.3) is 5.91 Å². The molecule has 0 radical (unpaired) electrons. The molecule has 1 heterocycles. The Hall–Kier alpha value is -2.36. The zero-order chi connectivity index (χ0) is 15.0. The van der Waals surface area contributed by atoms with E-state index in [1.807, 2.05) is 44.2 Å². The lowest BCUT2D eigenvalue weighted by Crippen LogP contribution is -2.41. The summed E-state index contributed by atoms with van der Waals surface area (Å²) in [4.78, 5) is 24.8. The van der Waals surface area contributed by atoms with E-state index in [1.54, 1.807) is 6.07 Å². The highest BCUT2D eigenvalue weighted by Crippen LogP contribution is 2.29. The minimum absolute atomic E-state index is 0.146. The molecule has 1 aliphatic heterocycles. The molecule has 0 spiro atoms. The van der Waals surface area contributed by atoms with E-state index in [4.69, 9.17) is 0 Å². The van der Waals surface area contributed by atoms with Gasteiger partial charge in [-0.25, -0.2) is 0 Å². The average Bonchev–Trinajstić information content (AvgIpc) is 2.56. The fourth-order valence-electron chi connectivity index (χ4n) is 2.74. The summed E-state index contributed by atoms with van der Waals surface area (Å²) in [5, 5.41) is 7.66. The number of carbonyl (C=O) groups is 2. The molecular weight excluding hydrogens is 264 g/mol. The fourth-order valence-corrected chi connectivity index (χ4v) is 2.74. The van der Waals surface area contributed by atoms with Gasteiger partial charge in [-0.3, -0.25) is 9.59 Å². The molecule has 2 aromatic rings. The Morgan fingerprint density at radius 2 is 1.86 bits per heavy atom. The lowest BCUT2D eigenvalue weighted by molar-refractivity contribution is -0.118. The zero-order valence-corrected chi connectivity index (χ0v) is 12.1. The van der Waals surface area contributed by atoms with Gasteiger partial charge in [0.05, 0.1) is 11.3 Å². The smallest absolute Gasteiger partial charge is 0.254 e. The number of amides is 2. The van der Waals surface area contributed by atoms with Crippen molar-refractivity contribution >= 4 is 28.3 Å². The van der Waals surface area contributed by atoms with Crippen LogP contribution in [0.25, 0.3) is 10.8 Å². The van der Waals surface area contributed by atoms with Gasteiger partial charge in [-0.1, -0.05) is 44.2 Å². The predicted molar refractivity (Wildman–Crippen MR) is 83.3 cm³/mol. The molecule has 0 aromatic heterocycles. The van der Waals surface area contributed by atoms with Crippen LogP contribution in [0, 0.1) is 5.92 Å². The van der Waals surface area contributed by atoms with Crippen LogP contribution in [0.2, 0.25) is 0 Å². The highest BCUT2D eigenvalue weighted by Gasteiger charge is 2.29. The van der Waals surface area contributed by atoms with Crippen LogP contribution in [-0.2, 0) is 4.79 Å². The second kappa shape index (κ2) is 5.20. The van der Waals surface area contributed by atoms with Crippen molar-refractivity contribution in [3.8, 4) is 0 Å². The second-order valence-corrected chi connectivity index (χ2v) is 5.85. The summed E-state index contributed by atoms with van der Waals surface area (Å²) >= 11 is 0. The van der Waals surface area contributed by atoms with Gasteiger partial charge < -0.3 is 10.6 Å². The molecule has 4 nitrogen and oxygen atoms in total. The number of benzene rings is 2. The van der Waals surface area contributed by atoms with E-state index in [-0.39, 0.29) is 11.8 Å². The Morgan fingerprint density at radius 1 is 1.10 bits per heavy atom. The Labute approximate surface area is 123 Å². The Balaban J connectivity index is 2.09. The normalized spacial score (nSPS) is 18.1. The van der Waals surface area contributed by atoms with Crippen molar-refractivity contribution < 1.29 is 9.59 Å². The molecule has 108 valence electrons. The molecule has 0 saturated heterocycles. The van der Waals surface area contributed by atoms with Crippen molar-refractivity contribution in [3.63, 3.8) is 0 Å². The van der Waals surface area contributed by atoms with Crippen molar-refractivity contribution in [1.29, 1.82) is 0 Å². The number of fused-ring (bicyclic) bond motifs is 3. The van der Waals surface area contributed by atoms with Gasteiger partial charge >= 0.3 is 0 Å². The molecule has 1 aliphatic rings. The largest absolute Gasteiger partial charge is 0.340 e. The van der Waals surface area contributed by atoms with Crippen LogP contribution < -0.4 is 10.6 Å². The Bertz CT molecular complexity index is 722. The quantitative estimate of drug-likeness (QED) is 0.889. The standard InChI is InChI=1S/C17H18N2O2/c1-10(2)9-14-17(21)19-15-12-6-4-3-5-11(12)7-8-13(15)16(20)18-14/h3-8,10,14H,9H2,1-2H3,(H,18,20)(H,19,21). The molecule has 1 atom stereocenters. The van der Waals surface area contributed by atoms with Crippen molar-refractivity contribution in [3.05, 3.63) is 42.0 Å². The molecule has 1 unspecified atom stereocenters. The number of rotatable bonds is 2. The first-order chi connectivity index (χ1) is 10.1. The third-order valence-corrected chi connectivity index (χ3v) is 3.75. The Morgan fingerprint density at radius 3 is 2.62 bits per heavy atom. The molecule has 0 aliphatic carbocycles. The van der Waals surface area contributed by atoms with E-state index in [0.717, 1.165) is 10.8 Å². The highest BCUT2D eigenvalue weighted by atomic mass is 16.2. The minimum Gasteiger partial charge on any atom is -0.340 e. The number of nitrogens with one attached hydrogen (secondary N) is 2. The third kappa shape index (κ3) is 2.49. The molecule has 21 heavy (non-hydrogen) atoms. The minimum atomic E-state index is -0.483. The molecule has 2 N–H and O–H groups in total. The van der Waals surface area contributed by atoms with Crippen LogP contribution in [0.4, 0.5) is 5.69 Å². The van der Waals surface area contributed by atoms with Crippen LogP contribution in [0.5, 0.6) is 0 Å². The maximum atomic E-state index is 12.4. The second-order valence-electron chi connectivity index (χ2n) is 5.85. The molecule has 0 bridgehead atoms. The van der Waals surface area contributed by atoms with Crippen molar-refractivity contribution in [1.82, 2.24) is 5.32 Å². The van der Waals surface area contributed by atoms with Gasteiger partial charge in [0.15, 0.2) is 0 Å². The van der Waals surface area contributed by atoms with Gasteiger partial charge in [0, 0.05) is 5.39 Å². The van der Waals surface area contributed by atoms with Gasteiger partial charge in [0.2, 0.25) is 5.91 Å². The first-order valence-corrected chi connectivity index (χ1v) is 7.19. The van der Waals surface area contributed by atoms with Crippen molar-refractivity contribution in [2.45, 2.75) is 26.3 Å². The van der Waals surface area contributed by atoms with Crippen LogP contribution in [0.15, 0.2) is 36.4 Å². The van der Waals surface area contributed by atoms with Crippen LogP contribution in [-0.4, -0.2) is 17.9 Å². The van der Waals surface area contributed by atoms with E-state index in [0.29, 0.717) is 23.6 Å². The summed E-state index contributed by atoms with van der Waals surface area (Å²) in [6.07, 6.45) is 0.628. The molecule has 2 amide bonds. The maximum Gasteiger partial charge on any atom is 0.254 e. The SMILES string of the molecule is CC(C)CC1NC(=O)c2ccc3ccccc3c2NC1=O. The molecule has 3 rings (SSSR count). The van der Waals surface area contributed by atoms with Crippen molar-refractivity contribution in [2.75, 3.05) is 5.32 Å². The maximum absolute atomic E-state index is 12.4. The van der Waals surface area contributed by atoms with E-state index in [1.165, 1.54) is 0 Å². The number of hydrogen-bond donors (Lipinski definition) is 2. The average molecular weight is 282 g/mol. The summed E-state index contributed by atoms with van der Waals surface area (Å²) in [6.45, 7) is 4.07. The first kappa shape index (κ1) is 13.6. The summed E-state index contributed by atoms with van der Waals surface area (Å²) < 4.78 is 0. The van der Waals surface area contributed by atoms with Crippen LogP contribution in [0.1, 0.15) is 30.6 Å². The van der Waals surface area contributed by atoms with Gasteiger partial charge in [0.1, 0.15) is 6.04 Å². The summed E-state index contributed by atoms with van der Waals surface area (Å²) in [7, 11) is 0. The highest BCUT2D eigenvalue weighted by molar-refractivity contribution is 6.16.